The molecule has 0 bridgehead atoms. The number of rotatable bonds is 2. The van der Waals surface area contributed by atoms with E-state index in [0.29, 0.717) is 28.7 Å². The molecule has 0 saturated carbocycles. The molecule has 1 aromatic heterocycles. The lowest BCUT2D eigenvalue weighted by Gasteiger charge is -2.24. The van der Waals surface area contributed by atoms with Crippen LogP contribution in [0.3, 0.4) is 0 Å². The molecule has 0 saturated heterocycles. The Hall–Kier alpha value is -3.34. The lowest BCUT2D eigenvalue weighted by Crippen LogP contribution is -2.21. The highest BCUT2D eigenvalue weighted by Gasteiger charge is 2.35. The highest BCUT2D eigenvalue weighted by atomic mass is 16.7. The van der Waals surface area contributed by atoms with E-state index in [1.54, 1.807) is 7.11 Å². The molecule has 122 valence electrons. The molecule has 0 amide bonds. The molecule has 2 aromatic rings. The van der Waals surface area contributed by atoms with Crippen LogP contribution in [0.25, 0.3) is 0 Å². The van der Waals surface area contributed by atoms with Crippen molar-refractivity contribution >= 4 is 0 Å². The van der Waals surface area contributed by atoms with Crippen LogP contribution in [-0.4, -0.2) is 24.1 Å². The normalized spacial score (nSPS) is 18.0. The zero-order valence-electron chi connectivity index (χ0n) is 13.0. The number of nitriles is 1. The highest BCUT2D eigenvalue weighted by Crippen LogP contribution is 2.48. The summed E-state index contributed by atoms with van der Waals surface area (Å²) in [4.78, 5) is 0. The summed E-state index contributed by atoms with van der Waals surface area (Å²) in [6.45, 7) is 1.99. The van der Waals surface area contributed by atoms with Gasteiger partial charge in [-0.1, -0.05) is 0 Å². The van der Waals surface area contributed by atoms with Gasteiger partial charge in [-0.15, -0.1) is 5.10 Å². The van der Waals surface area contributed by atoms with Gasteiger partial charge in [-0.3, -0.25) is 5.10 Å². The number of ether oxygens (including phenoxy) is 4. The maximum Gasteiger partial charge on any atom is 0.244 e. The first-order chi connectivity index (χ1) is 11.6. The van der Waals surface area contributed by atoms with Crippen molar-refractivity contribution in [3.05, 3.63) is 40.4 Å². The fourth-order valence-electron chi connectivity index (χ4n) is 3.05. The van der Waals surface area contributed by atoms with Crippen LogP contribution in [0, 0.1) is 18.3 Å². The summed E-state index contributed by atoms with van der Waals surface area (Å²) in [5, 5.41) is 16.6. The quantitative estimate of drug-likeness (QED) is 0.862. The van der Waals surface area contributed by atoms with Crippen LogP contribution < -0.4 is 24.7 Å². The van der Waals surface area contributed by atoms with E-state index in [4.69, 9.17) is 24.7 Å². The van der Waals surface area contributed by atoms with E-state index < -0.39 is 5.92 Å². The molecule has 2 aliphatic heterocycles. The van der Waals surface area contributed by atoms with Crippen LogP contribution in [-0.2, 0) is 0 Å². The van der Waals surface area contributed by atoms with Crippen molar-refractivity contribution in [2.24, 2.45) is 5.73 Å². The first kappa shape index (κ1) is 14.3. The maximum atomic E-state index is 9.58. The van der Waals surface area contributed by atoms with Crippen molar-refractivity contribution in [3.63, 3.8) is 0 Å². The standard InChI is InChI=1S/C16H14N4O4/c1-7-12-13(9(5-17)15(18)24-16(12)20-19-7)8-3-10(21-2)14-11(4-8)22-6-23-14/h3-4,13H,6,18H2,1-2H3,(H,19,20)/t13-/m1/s1. The first-order valence-corrected chi connectivity index (χ1v) is 7.24. The van der Waals surface area contributed by atoms with E-state index in [9.17, 15) is 5.26 Å². The number of nitrogens with one attached hydrogen (secondary N) is 1. The van der Waals surface area contributed by atoms with Gasteiger partial charge in [-0.05, 0) is 24.6 Å². The third-order valence-corrected chi connectivity index (χ3v) is 4.14. The molecular weight excluding hydrogens is 312 g/mol. The number of nitrogens with zero attached hydrogens (tertiary/aromatic N) is 2. The van der Waals surface area contributed by atoms with E-state index >= 15 is 0 Å². The van der Waals surface area contributed by atoms with Crippen LogP contribution in [0.5, 0.6) is 23.1 Å². The lowest BCUT2D eigenvalue weighted by atomic mass is 9.84. The second kappa shape index (κ2) is 5.09. The molecule has 0 unspecified atom stereocenters. The summed E-state index contributed by atoms with van der Waals surface area (Å²) in [5.74, 6) is 1.62. The van der Waals surface area contributed by atoms with Crippen LogP contribution in [0.15, 0.2) is 23.6 Å². The number of aromatic nitrogens is 2. The van der Waals surface area contributed by atoms with Gasteiger partial charge in [0.25, 0.3) is 0 Å². The Bertz CT molecular complexity index is 910. The van der Waals surface area contributed by atoms with Gasteiger partial charge in [0.15, 0.2) is 11.5 Å². The van der Waals surface area contributed by atoms with Crippen LogP contribution >= 0.6 is 0 Å². The van der Waals surface area contributed by atoms with E-state index in [1.165, 1.54) is 0 Å². The molecule has 4 rings (SSSR count). The Morgan fingerprint density at radius 2 is 2.25 bits per heavy atom. The minimum absolute atomic E-state index is 0.0399. The maximum absolute atomic E-state index is 9.58. The number of benzene rings is 1. The number of allylic oxidation sites excluding steroid dienone is 1. The van der Waals surface area contributed by atoms with Gasteiger partial charge in [0.2, 0.25) is 24.3 Å². The summed E-state index contributed by atoms with van der Waals surface area (Å²) >= 11 is 0. The number of H-pyrrole nitrogens is 1. The van der Waals surface area contributed by atoms with Crippen molar-refractivity contribution in [2.75, 3.05) is 13.9 Å². The number of nitrogens with two attached hydrogens (primary N) is 1. The molecule has 0 spiro atoms. The molecule has 1 atom stereocenters. The molecule has 0 aliphatic carbocycles. The van der Waals surface area contributed by atoms with Crippen molar-refractivity contribution in [2.45, 2.75) is 12.8 Å². The molecule has 8 nitrogen and oxygen atoms in total. The fraction of sp³-hybridized carbons (Fsp3) is 0.250. The summed E-state index contributed by atoms with van der Waals surface area (Å²) in [7, 11) is 1.55. The average Bonchev–Trinajstić information content (AvgIpc) is 3.19. The Kier molecular flexibility index (Phi) is 3.03. The monoisotopic (exact) mass is 326 g/mol. The summed E-state index contributed by atoms with van der Waals surface area (Å²) in [5.41, 5.74) is 8.58. The SMILES string of the molecule is COc1cc([C@@H]2C(C#N)=C(N)Oc3n[nH]c(C)c32)cc2c1OCO2. The van der Waals surface area contributed by atoms with Crippen LogP contribution in [0.1, 0.15) is 22.7 Å². The highest BCUT2D eigenvalue weighted by molar-refractivity contribution is 5.61. The molecule has 3 N–H and O–H groups in total. The molecule has 2 aliphatic rings. The van der Waals surface area contributed by atoms with Gasteiger partial charge in [-0.2, -0.15) is 5.26 Å². The molecule has 1 aromatic carbocycles. The van der Waals surface area contributed by atoms with Crippen molar-refractivity contribution in [1.82, 2.24) is 10.2 Å². The topological polar surface area (TPSA) is 115 Å². The minimum atomic E-state index is -0.430. The zero-order valence-corrected chi connectivity index (χ0v) is 13.0. The van der Waals surface area contributed by atoms with E-state index in [2.05, 4.69) is 16.3 Å². The summed E-state index contributed by atoms with van der Waals surface area (Å²) in [6, 6.07) is 5.77. The van der Waals surface area contributed by atoms with Gasteiger partial charge < -0.3 is 24.7 Å². The van der Waals surface area contributed by atoms with Gasteiger partial charge >= 0.3 is 0 Å². The Morgan fingerprint density at radius 1 is 1.42 bits per heavy atom. The second-order valence-corrected chi connectivity index (χ2v) is 5.45. The Labute approximate surface area is 137 Å². The number of hydrogen-bond acceptors (Lipinski definition) is 7. The number of fused-ring (bicyclic) bond motifs is 2. The smallest absolute Gasteiger partial charge is 0.244 e. The van der Waals surface area contributed by atoms with Gasteiger partial charge in [0.05, 0.1) is 13.0 Å². The lowest BCUT2D eigenvalue weighted by molar-refractivity contribution is 0.171. The summed E-state index contributed by atoms with van der Waals surface area (Å²) in [6.07, 6.45) is 0. The zero-order chi connectivity index (χ0) is 16.8. The van der Waals surface area contributed by atoms with E-state index in [0.717, 1.165) is 16.8 Å². The number of methoxy groups -OCH3 is 1. The number of hydrogen-bond donors (Lipinski definition) is 2. The Balaban J connectivity index is 1.95. The molecule has 3 heterocycles. The molecule has 0 radical (unpaired) electrons. The third kappa shape index (κ3) is 1.88. The van der Waals surface area contributed by atoms with Crippen molar-refractivity contribution in [3.8, 4) is 29.2 Å². The van der Waals surface area contributed by atoms with Crippen molar-refractivity contribution < 1.29 is 18.9 Å². The van der Waals surface area contributed by atoms with Gasteiger partial charge in [-0.25, -0.2) is 0 Å². The first-order valence-electron chi connectivity index (χ1n) is 7.24. The molecule has 24 heavy (non-hydrogen) atoms. The van der Waals surface area contributed by atoms with E-state index in [1.807, 2.05) is 19.1 Å². The number of aryl methyl sites for hydroxylation is 1. The predicted octanol–water partition coefficient (Wildman–Crippen LogP) is 1.67. The van der Waals surface area contributed by atoms with Crippen LogP contribution in [0.2, 0.25) is 0 Å². The number of aromatic amines is 1. The Morgan fingerprint density at radius 3 is 3.00 bits per heavy atom. The van der Waals surface area contributed by atoms with Gasteiger partial charge in [0, 0.05) is 11.3 Å². The molecule has 0 fully saturated rings. The third-order valence-electron chi connectivity index (χ3n) is 4.14. The van der Waals surface area contributed by atoms with Crippen molar-refractivity contribution in [1.29, 1.82) is 5.26 Å². The minimum Gasteiger partial charge on any atom is -0.493 e. The fourth-order valence-corrected chi connectivity index (χ4v) is 3.05. The predicted molar refractivity (Wildman–Crippen MR) is 81.7 cm³/mol. The van der Waals surface area contributed by atoms with Crippen LogP contribution in [0.4, 0.5) is 0 Å². The summed E-state index contributed by atoms with van der Waals surface area (Å²) < 4.78 is 21.8. The molecule has 8 heteroatoms. The largest absolute Gasteiger partial charge is 0.493 e. The van der Waals surface area contributed by atoms with Gasteiger partial charge in [0.1, 0.15) is 11.6 Å². The second-order valence-electron chi connectivity index (χ2n) is 5.45. The average molecular weight is 326 g/mol. The molecular formula is C16H14N4O4. The van der Waals surface area contributed by atoms with E-state index in [-0.39, 0.29) is 12.7 Å².